The van der Waals surface area contributed by atoms with Gasteiger partial charge in [-0.15, -0.1) is 0 Å². The van der Waals surface area contributed by atoms with Crippen LogP contribution in [0.4, 0.5) is 13.2 Å². The van der Waals surface area contributed by atoms with Crippen LogP contribution in [0.15, 0.2) is 0 Å². The molecule has 0 saturated heterocycles. The predicted octanol–water partition coefficient (Wildman–Crippen LogP) is 1.08. The molecule has 1 aliphatic rings. The fraction of sp³-hybridized carbons (Fsp3) is 0.900. The summed E-state index contributed by atoms with van der Waals surface area (Å²) in [6, 6.07) is 0. The third-order valence-electron chi connectivity index (χ3n) is 3.09. The van der Waals surface area contributed by atoms with Gasteiger partial charge in [-0.3, -0.25) is 4.79 Å². The van der Waals surface area contributed by atoms with Gasteiger partial charge in [-0.1, -0.05) is 0 Å². The van der Waals surface area contributed by atoms with Gasteiger partial charge < -0.3 is 16.2 Å². The molecule has 0 aliphatic heterocycles. The van der Waals surface area contributed by atoms with Crippen molar-refractivity contribution in [1.82, 2.24) is 0 Å². The van der Waals surface area contributed by atoms with Gasteiger partial charge in [-0.05, 0) is 26.2 Å². The molecule has 0 radical (unpaired) electrons. The second-order valence-corrected chi connectivity index (χ2v) is 4.56. The van der Waals surface area contributed by atoms with E-state index in [0.29, 0.717) is 19.3 Å². The topological polar surface area (TPSA) is 78.3 Å². The Morgan fingerprint density at radius 1 is 1.53 bits per heavy atom. The van der Waals surface area contributed by atoms with E-state index in [1.54, 1.807) is 0 Å². The summed E-state index contributed by atoms with van der Waals surface area (Å²) in [5.74, 6) is -0.689. The summed E-state index contributed by atoms with van der Waals surface area (Å²) in [7, 11) is 0. The number of hydrogen-bond acceptors (Lipinski definition) is 3. The van der Waals surface area contributed by atoms with Crippen molar-refractivity contribution in [2.45, 2.75) is 56.5 Å². The van der Waals surface area contributed by atoms with E-state index in [1.807, 2.05) is 0 Å². The van der Waals surface area contributed by atoms with E-state index < -0.39 is 29.8 Å². The maximum absolute atomic E-state index is 12.3. The fourth-order valence-electron chi connectivity index (χ4n) is 1.96. The minimum absolute atomic E-state index is 0.0444. The molecule has 0 aromatic rings. The van der Waals surface area contributed by atoms with E-state index >= 15 is 0 Å². The van der Waals surface area contributed by atoms with Gasteiger partial charge in [-0.25, -0.2) is 0 Å². The van der Waals surface area contributed by atoms with Crippen molar-refractivity contribution in [3.8, 4) is 0 Å². The zero-order valence-electron chi connectivity index (χ0n) is 9.59. The fourth-order valence-corrected chi connectivity index (χ4v) is 1.96. The lowest BCUT2D eigenvalue weighted by atomic mass is 9.80. The summed E-state index contributed by atoms with van der Waals surface area (Å²) in [5, 5.41) is 0. The average molecular weight is 254 g/mol. The second kappa shape index (κ2) is 4.81. The van der Waals surface area contributed by atoms with Crippen LogP contribution in [0.2, 0.25) is 0 Å². The third-order valence-corrected chi connectivity index (χ3v) is 3.09. The van der Waals surface area contributed by atoms with Gasteiger partial charge in [0.25, 0.3) is 0 Å². The minimum Gasteiger partial charge on any atom is -0.368 e. The van der Waals surface area contributed by atoms with Crippen LogP contribution >= 0.6 is 0 Å². The van der Waals surface area contributed by atoms with Crippen LogP contribution in [0.5, 0.6) is 0 Å². The molecule has 1 aliphatic carbocycles. The maximum atomic E-state index is 12.3. The van der Waals surface area contributed by atoms with Crippen LogP contribution in [-0.4, -0.2) is 29.8 Å². The highest BCUT2D eigenvalue weighted by Gasteiger charge is 2.43. The Kier molecular flexibility index (Phi) is 4.03. The van der Waals surface area contributed by atoms with Gasteiger partial charge in [0.15, 0.2) is 6.10 Å². The molecular weight excluding hydrogens is 237 g/mol. The molecule has 0 heterocycles. The van der Waals surface area contributed by atoms with Crippen molar-refractivity contribution in [2.75, 3.05) is 0 Å². The first kappa shape index (κ1) is 14.2. The van der Waals surface area contributed by atoms with Gasteiger partial charge in [0.05, 0.1) is 11.6 Å². The summed E-state index contributed by atoms with van der Waals surface area (Å²) < 4.78 is 41.8. The molecule has 17 heavy (non-hydrogen) atoms. The quantitative estimate of drug-likeness (QED) is 0.791. The molecule has 1 fully saturated rings. The van der Waals surface area contributed by atoms with E-state index in [1.165, 1.54) is 0 Å². The lowest BCUT2D eigenvalue weighted by Crippen LogP contribution is -2.56. The summed E-state index contributed by atoms with van der Waals surface area (Å²) in [6.45, 7) is 0.942. The molecular formula is C10H17F3N2O2. The molecule has 100 valence electrons. The first-order valence-electron chi connectivity index (χ1n) is 5.46. The van der Waals surface area contributed by atoms with E-state index in [2.05, 4.69) is 0 Å². The number of hydrogen-bond donors (Lipinski definition) is 2. The average Bonchev–Trinajstić information content (AvgIpc) is 2.16. The molecule has 4 N–H and O–H groups in total. The number of carbonyl (C=O) groups excluding carboxylic acids is 1. The number of primary amides is 1. The summed E-state index contributed by atoms with van der Waals surface area (Å²) in [4.78, 5) is 11.1. The normalized spacial score (nSPS) is 32.2. The molecule has 4 nitrogen and oxygen atoms in total. The second-order valence-electron chi connectivity index (χ2n) is 4.56. The highest BCUT2D eigenvalue weighted by molar-refractivity contribution is 5.84. The Bertz CT molecular complexity index is 296. The Morgan fingerprint density at radius 2 is 2.12 bits per heavy atom. The molecule has 1 rings (SSSR count). The van der Waals surface area contributed by atoms with E-state index in [9.17, 15) is 18.0 Å². The smallest absolute Gasteiger partial charge is 0.368 e. The Hall–Kier alpha value is -0.820. The van der Waals surface area contributed by atoms with Gasteiger partial charge in [0.2, 0.25) is 5.91 Å². The molecule has 0 bridgehead atoms. The Balaban J connectivity index is 2.59. The molecule has 3 atom stereocenters. The maximum Gasteiger partial charge on any atom is 0.414 e. The van der Waals surface area contributed by atoms with Crippen molar-refractivity contribution < 1.29 is 22.7 Å². The van der Waals surface area contributed by atoms with E-state index in [0.717, 1.165) is 6.92 Å². The highest BCUT2D eigenvalue weighted by atomic mass is 19.4. The molecule has 0 spiro atoms. The number of nitrogens with two attached hydrogens (primary N) is 2. The number of halogens is 3. The lowest BCUT2D eigenvalue weighted by molar-refractivity contribution is -0.230. The number of alkyl halides is 3. The number of amides is 1. The van der Waals surface area contributed by atoms with Crippen molar-refractivity contribution in [1.29, 1.82) is 0 Å². The first-order chi connectivity index (χ1) is 7.65. The summed E-state index contributed by atoms with van der Waals surface area (Å²) in [6.07, 6.45) is -5.49. The van der Waals surface area contributed by atoms with Crippen molar-refractivity contribution in [3.63, 3.8) is 0 Å². The zero-order valence-corrected chi connectivity index (χ0v) is 9.59. The Labute approximate surface area is 97.5 Å². The van der Waals surface area contributed by atoms with E-state index in [4.69, 9.17) is 16.2 Å². The first-order valence-corrected chi connectivity index (χ1v) is 5.46. The Morgan fingerprint density at radius 3 is 2.59 bits per heavy atom. The van der Waals surface area contributed by atoms with E-state index in [-0.39, 0.29) is 6.42 Å². The molecule has 1 saturated carbocycles. The van der Waals surface area contributed by atoms with Crippen molar-refractivity contribution in [3.05, 3.63) is 0 Å². The van der Waals surface area contributed by atoms with Gasteiger partial charge in [-0.2, -0.15) is 13.2 Å². The number of rotatable bonds is 3. The van der Waals surface area contributed by atoms with Gasteiger partial charge >= 0.3 is 6.18 Å². The summed E-state index contributed by atoms with van der Waals surface area (Å²) in [5.41, 5.74) is 9.64. The minimum atomic E-state index is -4.40. The third kappa shape index (κ3) is 3.57. The van der Waals surface area contributed by atoms with Crippen LogP contribution in [0.3, 0.4) is 0 Å². The summed E-state index contributed by atoms with van der Waals surface area (Å²) >= 11 is 0. The molecule has 7 heteroatoms. The monoisotopic (exact) mass is 254 g/mol. The van der Waals surface area contributed by atoms with Crippen LogP contribution in [0.25, 0.3) is 0 Å². The molecule has 0 aromatic carbocycles. The standard InChI is InChI=1S/C10H17F3N2O2/c1-6(10(11,12)13)17-7-3-2-4-9(15,5-7)8(14)16/h6-7H,2-5,15H2,1H3,(H2,14,16). The van der Waals surface area contributed by atoms with Crippen molar-refractivity contribution in [2.24, 2.45) is 11.5 Å². The van der Waals surface area contributed by atoms with Crippen molar-refractivity contribution >= 4 is 5.91 Å². The largest absolute Gasteiger partial charge is 0.414 e. The lowest BCUT2D eigenvalue weighted by Gasteiger charge is -2.36. The van der Waals surface area contributed by atoms with Crippen LogP contribution in [0.1, 0.15) is 32.6 Å². The molecule has 3 unspecified atom stereocenters. The zero-order chi connectivity index (χ0) is 13.3. The number of carbonyl (C=O) groups is 1. The molecule has 0 aromatic heterocycles. The van der Waals surface area contributed by atoms with Gasteiger partial charge in [0, 0.05) is 6.42 Å². The number of ether oxygens (including phenoxy) is 1. The predicted molar refractivity (Wildman–Crippen MR) is 55.0 cm³/mol. The van der Waals surface area contributed by atoms with Crippen LogP contribution < -0.4 is 11.5 Å². The SMILES string of the molecule is CC(OC1CCCC(N)(C(N)=O)C1)C(F)(F)F. The van der Waals surface area contributed by atoms with Gasteiger partial charge in [0.1, 0.15) is 0 Å². The van der Waals surface area contributed by atoms with Crippen LogP contribution in [0, 0.1) is 0 Å². The molecule has 1 amide bonds. The van der Waals surface area contributed by atoms with Crippen LogP contribution in [-0.2, 0) is 9.53 Å². The highest BCUT2D eigenvalue weighted by Crippen LogP contribution is 2.31.